The van der Waals surface area contributed by atoms with Crippen molar-refractivity contribution in [3.8, 4) is 0 Å². The van der Waals surface area contributed by atoms with Crippen molar-refractivity contribution in [2.24, 2.45) is 5.73 Å². The van der Waals surface area contributed by atoms with Crippen molar-refractivity contribution in [1.29, 1.82) is 0 Å². The molecule has 7 heteroatoms. The van der Waals surface area contributed by atoms with Crippen LogP contribution in [0.2, 0.25) is 10.0 Å². The molecule has 27 heavy (non-hydrogen) atoms. The smallest absolute Gasteiger partial charge is 0.209 e. The van der Waals surface area contributed by atoms with Gasteiger partial charge in [-0.25, -0.2) is 4.98 Å². The zero-order valence-electron chi connectivity index (χ0n) is 13.9. The van der Waals surface area contributed by atoms with E-state index in [0.29, 0.717) is 43.3 Å². The third-order valence-electron chi connectivity index (χ3n) is 4.39. The van der Waals surface area contributed by atoms with Crippen LogP contribution in [0.15, 0.2) is 54.9 Å². The van der Waals surface area contributed by atoms with Crippen LogP contribution in [0.5, 0.6) is 0 Å². The first-order chi connectivity index (χ1) is 13.0. The van der Waals surface area contributed by atoms with E-state index in [1.807, 2.05) is 0 Å². The lowest BCUT2D eigenvalue weighted by molar-refractivity contribution is 0.100. The number of nitrogens with two attached hydrogens (primary N) is 1. The fourth-order valence-electron chi connectivity index (χ4n) is 3.10. The first-order valence-electron chi connectivity index (χ1n) is 8.12. The number of ketones is 2. The summed E-state index contributed by atoms with van der Waals surface area (Å²) in [6, 6.07) is 13.3. The molecule has 2 aromatic carbocycles. The highest BCUT2D eigenvalue weighted by atomic mass is 35.5. The van der Waals surface area contributed by atoms with Crippen molar-refractivity contribution in [2.45, 2.75) is 0 Å². The van der Waals surface area contributed by atoms with Crippen molar-refractivity contribution in [1.82, 2.24) is 9.38 Å². The van der Waals surface area contributed by atoms with Gasteiger partial charge in [0.25, 0.3) is 0 Å². The van der Waals surface area contributed by atoms with Crippen LogP contribution < -0.4 is 5.73 Å². The summed E-state index contributed by atoms with van der Waals surface area (Å²) >= 11 is 12.0. The van der Waals surface area contributed by atoms with Crippen molar-refractivity contribution in [2.75, 3.05) is 6.54 Å². The van der Waals surface area contributed by atoms with Gasteiger partial charge >= 0.3 is 0 Å². The number of Topliss-reactive ketones (excluding diaryl/α,β-unsaturated/α-hetero) is 1. The summed E-state index contributed by atoms with van der Waals surface area (Å²) in [6.07, 6.45) is 1.52. The summed E-state index contributed by atoms with van der Waals surface area (Å²) in [7, 11) is 0. The molecule has 0 aliphatic carbocycles. The molecule has 0 bridgehead atoms. The van der Waals surface area contributed by atoms with Crippen LogP contribution >= 0.6 is 23.2 Å². The number of carbonyl (C=O) groups excluding carboxylic acids is 2. The van der Waals surface area contributed by atoms with Crippen LogP contribution in [0.3, 0.4) is 0 Å². The van der Waals surface area contributed by atoms with E-state index in [0.717, 1.165) is 0 Å². The molecule has 0 spiro atoms. The van der Waals surface area contributed by atoms with Crippen molar-refractivity contribution >= 4 is 51.2 Å². The molecule has 0 saturated carbocycles. The van der Waals surface area contributed by atoms with E-state index in [9.17, 15) is 9.59 Å². The summed E-state index contributed by atoms with van der Waals surface area (Å²) in [5.74, 6) is -0.502. The van der Waals surface area contributed by atoms with Gasteiger partial charge in [-0.1, -0.05) is 23.2 Å². The summed E-state index contributed by atoms with van der Waals surface area (Å²) in [4.78, 5) is 29.9. The minimum absolute atomic E-state index is 0.161. The molecular formula is C20H13Cl2N3O2. The Kier molecular flexibility index (Phi) is 4.44. The second-order valence-corrected chi connectivity index (χ2v) is 6.90. The maximum absolute atomic E-state index is 13.0. The number of fused-ring (bicyclic) bond motifs is 3. The Bertz CT molecular complexity index is 1210. The van der Waals surface area contributed by atoms with Crippen molar-refractivity contribution < 1.29 is 9.59 Å². The van der Waals surface area contributed by atoms with Gasteiger partial charge in [-0.3, -0.25) is 14.0 Å². The second kappa shape index (κ2) is 6.78. The normalized spacial score (nSPS) is 11.2. The van der Waals surface area contributed by atoms with Crippen LogP contribution in [0.4, 0.5) is 0 Å². The quantitative estimate of drug-likeness (QED) is 0.524. The number of aromatic nitrogens is 2. The lowest BCUT2D eigenvalue weighted by Crippen LogP contribution is -2.13. The number of hydrogen-bond donors (Lipinski definition) is 1. The van der Waals surface area contributed by atoms with Crippen LogP contribution in [-0.2, 0) is 0 Å². The van der Waals surface area contributed by atoms with Gasteiger partial charge < -0.3 is 5.73 Å². The SMILES string of the molecule is NCC(=O)c1cc(C(=O)c2ccc(Cl)cc2)n2cnc3cc(Cl)ccc3c12. The molecule has 0 saturated heterocycles. The average molecular weight is 398 g/mol. The highest BCUT2D eigenvalue weighted by Crippen LogP contribution is 2.28. The van der Waals surface area contributed by atoms with E-state index in [1.54, 1.807) is 52.9 Å². The second-order valence-electron chi connectivity index (χ2n) is 6.03. The Balaban J connectivity index is 2.02. The summed E-state index contributed by atoms with van der Waals surface area (Å²) in [5.41, 5.74) is 7.96. The fourth-order valence-corrected chi connectivity index (χ4v) is 3.39. The molecule has 0 fully saturated rings. The third-order valence-corrected chi connectivity index (χ3v) is 4.88. The molecular weight excluding hydrogens is 385 g/mol. The van der Waals surface area contributed by atoms with Gasteiger partial charge in [0, 0.05) is 26.6 Å². The maximum Gasteiger partial charge on any atom is 0.209 e. The molecule has 0 aliphatic rings. The molecule has 2 N–H and O–H groups in total. The molecule has 0 atom stereocenters. The molecule has 2 heterocycles. The molecule has 134 valence electrons. The average Bonchev–Trinajstić information content (AvgIpc) is 3.07. The van der Waals surface area contributed by atoms with Crippen molar-refractivity contribution in [3.05, 3.63) is 81.7 Å². The Labute approximate surface area is 164 Å². The topological polar surface area (TPSA) is 77.5 Å². The predicted octanol–water partition coefficient (Wildman–Crippen LogP) is 4.17. The molecule has 5 nitrogen and oxygen atoms in total. The van der Waals surface area contributed by atoms with Gasteiger partial charge in [0.1, 0.15) is 6.33 Å². The minimum atomic E-state index is -0.259. The van der Waals surface area contributed by atoms with Crippen LogP contribution in [0.25, 0.3) is 16.4 Å². The first-order valence-corrected chi connectivity index (χ1v) is 8.88. The van der Waals surface area contributed by atoms with E-state index < -0.39 is 0 Å². The number of rotatable bonds is 4. The number of halogens is 2. The third kappa shape index (κ3) is 3.00. The number of nitrogens with zero attached hydrogens (tertiary/aromatic N) is 2. The number of benzene rings is 2. The fraction of sp³-hybridized carbons (Fsp3) is 0.0500. The predicted molar refractivity (Wildman–Crippen MR) is 106 cm³/mol. The monoisotopic (exact) mass is 397 g/mol. The lowest BCUT2D eigenvalue weighted by atomic mass is 10.1. The highest BCUT2D eigenvalue weighted by Gasteiger charge is 2.22. The van der Waals surface area contributed by atoms with Crippen LogP contribution in [0.1, 0.15) is 26.4 Å². The van der Waals surface area contributed by atoms with E-state index in [-0.39, 0.29) is 18.1 Å². The highest BCUT2D eigenvalue weighted by molar-refractivity contribution is 6.31. The molecule has 2 aromatic heterocycles. The Morgan fingerprint density at radius 3 is 2.41 bits per heavy atom. The van der Waals surface area contributed by atoms with Crippen LogP contribution in [-0.4, -0.2) is 27.5 Å². The van der Waals surface area contributed by atoms with Gasteiger partial charge in [0.05, 0.1) is 23.3 Å². The molecule has 0 amide bonds. The van der Waals surface area contributed by atoms with E-state index in [4.69, 9.17) is 28.9 Å². The van der Waals surface area contributed by atoms with Gasteiger partial charge in [0.2, 0.25) is 5.78 Å². The summed E-state index contributed by atoms with van der Waals surface area (Å²) in [6.45, 7) is -0.161. The molecule has 4 rings (SSSR count). The number of carbonyl (C=O) groups is 2. The zero-order valence-corrected chi connectivity index (χ0v) is 15.5. The van der Waals surface area contributed by atoms with Gasteiger partial charge in [-0.05, 0) is 48.5 Å². The van der Waals surface area contributed by atoms with E-state index in [2.05, 4.69) is 4.98 Å². The maximum atomic E-state index is 13.0. The Hall–Kier alpha value is -2.73. The lowest BCUT2D eigenvalue weighted by Gasteiger charge is -2.06. The minimum Gasteiger partial charge on any atom is -0.324 e. The molecule has 4 aromatic rings. The van der Waals surface area contributed by atoms with Crippen LogP contribution in [0, 0.1) is 0 Å². The van der Waals surface area contributed by atoms with E-state index in [1.165, 1.54) is 6.33 Å². The standard InChI is InChI=1S/C20H13Cl2N3O2/c21-12-3-1-11(2-4-12)20(27)17-8-15(18(26)9-23)19-14-6-5-13(22)7-16(14)24-10-25(17)19/h1-8,10H,9,23H2. The summed E-state index contributed by atoms with van der Waals surface area (Å²) < 4.78 is 1.62. The van der Waals surface area contributed by atoms with Gasteiger partial charge in [0.15, 0.2) is 5.78 Å². The molecule has 0 unspecified atom stereocenters. The van der Waals surface area contributed by atoms with Gasteiger partial charge in [-0.2, -0.15) is 0 Å². The Morgan fingerprint density at radius 2 is 1.70 bits per heavy atom. The molecule has 0 aliphatic heterocycles. The zero-order chi connectivity index (χ0) is 19.1. The van der Waals surface area contributed by atoms with E-state index >= 15 is 0 Å². The van der Waals surface area contributed by atoms with Gasteiger partial charge in [-0.15, -0.1) is 0 Å². The van der Waals surface area contributed by atoms with Crippen molar-refractivity contribution in [3.63, 3.8) is 0 Å². The number of hydrogen-bond acceptors (Lipinski definition) is 4. The Morgan fingerprint density at radius 1 is 1.00 bits per heavy atom. The summed E-state index contributed by atoms with van der Waals surface area (Å²) in [5, 5.41) is 1.79. The molecule has 0 radical (unpaired) electrons. The largest absolute Gasteiger partial charge is 0.324 e. The first kappa shape index (κ1) is 17.7.